The van der Waals surface area contributed by atoms with Crippen molar-refractivity contribution in [3.63, 3.8) is 0 Å². The Hall–Kier alpha value is -1.02. The number of ether oxygens (including phenoxy) is 1. The van der Waals surface area contributed by atoms with E-state index in [1.807, 2.05) is 13.0 Å². The van der Waals surface area contributed by atoms with Crippen LogP contribution in [0.25, 0.3) is 0 Å². The standard InChI is InChI=1S/C10H13NO/c1-2-12-10-7-11-9-6-4-3-5-8(9)10/h3-6,10-11H,2,7H2,1H3. The van der Waals surface area contributed by atoms with E-state index in [4.69, 9.17) is 4.74 Å². The maximum absolute atomic E-state index is 5.57. The van der Waals surface area contributed by atoms with Crippen LogP contribution in [-0.2, 0) is 4.74 Å². The van der Waals surface area contributed by atoms with Crippen molar-refractivity contribution in [1.29, 1.82) is 0 Å². The molecule has 1 N–H and O–H groups in total. The molecular formula is C10H13NO. The van der Waals surface area contributed by atoms with Crippen LogP contribution in [0.4, 0.5) is 5.69 Å². The summed E-state index contributed by atoms with van der Waals surface area (Å²) in [6.45, 7) is 3.72. The Morgan fingerprint density at radius 1 is 1.50 bits per heavy atom. The fourth-order valence-electron chi connectivity index (χ4n) is 1.60. The number of nitrogens with one attached hydrogen (secondary N) is 1. The van der Waals surface area contributed by atoms with Crippen molar-refractivity contribution >= 4 is 5.69 Å². The zero-order chi connectivity index (χ0) is 8.39. The van der Waals surface area contributed by atoms with Gasteiger partial charge in [-0.25, -0.2) is 0 Å². The summed E-state index contributed by atoms with van der Waals surface area (Å²) < 4.78 is 5.57. The first-order valence-electron chi connectivity index (χ1n) is 4.36. The molecule has 0 bridgehead atoms. The average molecular weight is 163 g/mol. The lowest BCUT2D eigenvalue weighted by Gasteiger charge is -2.08. The lowest BCUT2D eigenvalue weighted by molar-refractivity contribution is 0.0769. The lowest BCUT2D eigenvalue weighted by Crippen LogP contribution is -2.05. The Balaban J connectivity index is 2.24. The van der Waals surface area contributed by atoms with Gasteiger partial charge >= 0.3 is 0 Å². The largest absolute Gasteiger partial charge is 0.382 e. The molecule has 2 nitrogen and oxygen atoms in total. The number of para-hydroxylation sites is 1. The number of hydrogen-bond donors (Lipinski definition) is 1. The van der Waals surface area contributed by atoms with Crippen LogP contribution < -0.4 is 5.32 Å². The molecule has 2 heteroatoms. The van der Waals surface area contributed by atoms with Crippen molar-refractivity contribution < 1.29 is 4.74 Å². The Kier molecular flexibility index (Phi) is 2.00. The van der Waals surface area contributed by atoms with E-state index in [2.05, 4.69) is 23.5 Å². The Morgan fingerprint density at radius 2 is 2.33 bits per heavy atom. The first-order chi connectivity index (χ1) is 5.92. The molecule has 1 aliphatic rings. The molecule has 0 radical (unpaired) electrons. The third kappa shape index (κ3) is 1.18. The van der Waals surface area contributed by atoms with Crippen molar-refractivity contribution in [2.45, 2.75) is 13.0 Å². The van der Waals surface area contributed by atoms with Gasteiger partial charge < -0.3 is 10.1 Å². The van der Waals surface area contributed by atoms with Gasteiger partial charge in [-0.3, -0.25) is 0 Å². The smallest absolute Gasteiger partial charge is 0.102 e. The summed E-state index contributed by atoms with van der Waals surface area (Å²) >= 11 is 0. The van der Waals surface area contributed by atoms with Crippen LogP contribution in [0.15, 0.2) is 24.3 Å². The molecule has 0 aliphatic carbocycles. The average Bonchev–Trinajstić information content (AvgIpc) is 2.50. The molecule has 1 atom stereocenters. The lowest BCUT2D eigenvalue weighted by atomic mass is 10.1. The predicted molar refractivity (Wildman–Crippen MR) is 49.3 cm³/mol. The van der Waals surface area contributed by atoms with E-state index in [9.17, 15) is 0 Å². The minimum absolute atomic E-state index is 0.256. The predicted octanol–water partition coefficient (Wildman–Crippen LogP) is 2.19. The van der Waals surface area contributed by atoms with Gasteiger partial charge in [-0.1, -0.05) is 18.2 Å². The molecule has 0 spiro atoms. The molecule has 12 heavy (non-hydrogen) atoms. The van der Waals surface area contributed by atoms with Crippen LogP contribution in [0.5, 0.6) is 0 Å². The van der Waals surface area contributed by atoms with Crippen LogP contribution in [0.2, 0.25) is 0 Å². The van der Waals surface area contributed by atoms with Gasteiger partial charge in [0.05, 0.1) is 0 Å². The van der Waals surface area contributed by atoms with Gasteiger partial charge in [-0.2, -0.15) is 0 Å². The molecule has 0 amide bonds. The number of rotatable bonds is 2. The molecule has 1 aromatic rings. The van der Waals surface area contributed by atoms with Crippen LogP contribution in [0.1, 0.15) is 18.6 Å². The maximum Gasteiger partial charge on any atom is 0.102 e. The molecule has 1 aromatic carbocycles. The Bertz CT molecular complexity index is 270. The Morgan fingerprint density at radius 3 is 3.17 bits per heavy atom. The SMILES string of the molecule is CCOC1CNc2ccccc21. The van der Waals surface area contributed by atoms with E-state index in [0.717, 1.165) is 13.2 Å². The van der Waals surface area contributed by atoms with Crippen LogP contribution >= 0.6 is 0 Å². The molecule has 1 aliphatic heterocycles. The molecule has 2 rings (SSSR count). The van der Waals surface area contributed by atoms with Gasteiger partial charge in [-0.05, 0) is 13.0 Å². The summed E-state index contributed by atoms with van der Waals surface area (Å²) in [4.78, 5) is 0. The third-order valence-electron chi connectivity index (χ3n) is 2.15. The van der Waals surface area contributed by atoms with E-state index in [0.29, 0.717) is 0 Å². The number of anilines is 1. The fraction of sp³-hybridized carbons (Fsp3) is 0.400. The summed E-state index contributed by atoms with van der Waals surface area (Å²) in [6.07, 6.45) is 0.256. The monoisotopic (exact) mass is 163 g/mol. The first-order valence-corrected chi connectivity index (χ1v) is 4.36. The van der Waals surface area contributed by atoms with Crippen molar-refractivity contribution in [3.8, 4) is 0 Å². The third-order valence-corrected chi connectivity index (χ3v) is 2.15. The van der Waals surface area contributed by atoms with Crippen molar-refractivity contribution in [1.82, 2.24) is 0 Å². The van der Waals surface area contributed by atoms with Crippen molar-refractivity contribution in [2.75, 3.05) is 18.5 Å². The van der Waals surface area contributed by atoms with E-state index in [-0.39, 0.29) is 6.10 Å². The van der Waals surface area contributed by atoms with Crippen molar-refractivity contribution in [3.05, 3.63) is 29.8 Å². The Labute approximate surface area is 72.5 Å². The topological polar surface area (TPSA) is 21.3 Å². The minimum Gasteiger partial charge on any atom is -0.382 e. The highest BCUT2D eigenvalue weighted by Gasteiger charge is 2.20. The quantitative estimate of drug-likeness (QED) is 0.721. The molecule has 0 saturated carbocycles. The molecule has 0 aromatic heterocycles. The summed E-state index contributed by atoms with van der Waals surface area (Å²) in [5.74, 6) is 0. The highest BCUT2D eigenvalue weighted by atomic mass is 16.5. The van der Waals surface area contributed by atoms with Gasteiger partial charge in [0, 0.05) is 24.4 Å². The van der Waals surface area contributed by atoms with Crippen LogP contribution in [0.3, 0.4) is 0 Å². The number of benzene rings is 1. The van der Waals surface area contributed by atoms with Crippen molar-refractivity contribution in [2.24, 2.45) is 0 Å². The maximum atomic E-state index is 5.57. The second-order valence-corrected chi connectivity index (χ2v) is 2.91. The van der Waals surface area contributed by atoms with E-state index in [1.165, 1.54) is 11.3 Å². The van der Waals surface area contributed by atoms with Gasteiger partial charge in [0.1, 0.15) is 6.10 Å². The van der Waals surface area contributed by atoms with Gasteiger partial charge in [0.25, 0.3) is 0 Å². The fourth-order valence-corrected chi connectivity index (χ4v) is 1.60. The summed E-state index contributed by atoms with van der Waals surface area (Å²) in [5, 5.41) is 3.31. The van der Waals surface area contributed by atoms with E-state index in [1.54, 1.807) is 0 Å². The highest BCUT2D eigenvalue weighted by molar-refractivity contribution is 5.56. The molecule has 1 heterocycles. The number of hydrogen-bond acceptors (Lipinski definition) is 2. The van der Waals surface area contributed by atoms with Gasteiger partial charge in [0.15, 0.2) is 0 Å². The summed E-state index contributed by atoms with van der Waals surface area (Å²) in [7, 11) is 0. The van der Waals surface area contributed by atoms with E-state index < -0.39 is 0 Å². The number of fused-ring (bicyclic) bond motifs is 1. The normalized spacial score (nSPS) is 20.2. The first kappa shape index (κ1) is 7.62. The molecule has 1 unspecified atom stereocenters. The van der Waals surface area contributed by atoms with Crippen LogP contribution in [0, 0.1) is 0 Å². The van der Waals surface area contributed by atoms with E-state index >= 15 is 0 Å². The zero-order valence-corrected chi connectivity index (χ0v) is 7.21. The van der Waals surface area contributed by atoms with Gasteiger partial charge in [-0.15, -0.1) is 0 Å². The summed E-state index contributed by atoms with van der Waals surface area (Å²) in [5.41, 5.74) is 2.51. The molecule has 0 fully saturated rings. The molecular weight excluding hydrogens is 150 g/mol. The molecule has 64 valence electrons. The zero-order valence-electron chi connectivity index (χ0n) is 7.21. The van der Waals surface area contributed by atoms with Gasteiger partial charge in [0.2, 0.25) is 0 Å². The highest BCUT2D eigenvalue weighted by Crippen LogP contribution is 2.31. The summed E-state index contributed by atoms with van der Waals surface area (Å²) in [6, 6.07) is 8.31. The molecule has 0 saturated heterocycles. The minimum atomic E-state index is 0.256. The second-order valence-electron chi connectivity index (χ2n) is 2.91. The second kappa shape index (κ2) is 3.15. The van der Waals surface area contributed by atoms with Crippen LogP contribution in [-0.4, -0.2) is 13.2 Å².